The Kier molecular flexibility index (Phi) is 5.90. The summed E-state index contributed by atoms with van der Waals surface area (Å²) in [7, 11) is 0. The van der Waals surface area contributed by atoms with Gasteiger partial charge in [-0.3, -0.25) is 4.79 Å². The first-order valence-corrected chi connectivity index (χ1v) is 8.18. The largest absolute Gasteiger partial charge is 0.491 e. The molecular weight excluding hydrogens is 288 g/mol. The van der Waals surface area contributed by atoms with E-state index < -0.39 is 6.10 Å². The Labute approximate surface area is 129 Å². The van der Waals surface area contributed by atoms with E-state index in [1.807, 2.05) is 12.1 Å². The molecule has 0 saturated heterocycles. The molecular formula is C15H22N2O3S. The van der Waals surface area contributed by atoms with Gasteiger partial charge in [-0.1, -0.05) is 6.92 Å². The highest BCUT2D eigenvalue weighted by atomic mass is 32.2. The molecule has 1 aliphatic rings. The van der Waals surface area contributed by atoms with Crippen molar-refractivity contribution in [2.45, 2.75) is 37.3 Å². The molecule has 2 unspecified atom stereocenters. The monoisotopic (exact) mass is 310 g/mol. The molecule has 1 heterocycles. The van der Waals surface area contributed by atoms with Gasteiger partial charge >= 0.3 is 0 Å². The van der Waals surface area contributed by atoms with Crippen LogP contribution in [0.15, 0.2) is 23.1 Å². The van der Waals surface area contributed by atoms with Crippen LogP contribution in [0.25, 0.3) is 0 Å². The van der Waals surface area contributed by atoms with Crippen LogP contribution in [-0.4, -0.2) is 42.1 Å². The smallest absolute Gasteiger partial charge is 0.234 e. The number of thioether (sulfide) groups is 1. The number of nitrogens with one attached hydrogen (secondary N) is 2. The summed E-state index contributed by atoms with van der Waals surface area (Å²) in [6.07, 6.45) is 0.490. The molecule has 5 nitrogen and oxygen atoms in total. The molecule has 1 aromatic rings. The van der Waals surface area contributed by atoms with Crippen molar-refractivity contribution in [2.75, 3.05) is 24.2 Å². The average Bonchev–Trinajstić information content (AvgIpc) is 2.50. The zero-order valence-electron chi connectivity index (χ0n) is 12.4. The molecule has 0 saturated carbocycles. The van der Waals surface area contributed by atoms with Crippen molar-refractivity contribution in [1.82, 2.24) is 5.32 Å². The van der Waals surface area contributed by atoms with E-state index in [1.165, 1.54) is 11.8 Å². The van der Waals surface area contributed by atoms with E-state index in [1.54, 1.807) is 6.07 Å². The van der Waals surface area contributed by atoms with Crippen molar-refractivity contribution >= 4 is 23.4 Å². The molecule has 1 aromatic carbocycles. The van der Waals surface area contributed by atoms with Gasteiger partial charge in [-0.2, -0.15) is 0 Å². The number of anilines is 1. The molecule has 0 bridgehead atoms. The lowest BCUT2D eigenvalue weighted by Crippen LogP contribution is -2.36. The quantitative estimate of drug-likeness (QED) is 0.717. The van der Waals surface area contributed by atoms with Crippen molar-refractivity contribution in [3.63, 3.8) is 0 Å². The summed E-state index contributed by atoms with van der Waals surface area (Å²) in [5.74, 6) is 1.16. The van der Waals surface area contributed by atoms with Crippen LogP contribution in [0.3, 0.4) is 0 Å². The van der Waals surface area contributed by atoms with E-state index in [4.69, 9.17) is 4.74 Å². The van der Waals surface area contributed by atoms with Crippen LogP contribution < -0.4 is 15.4 Å². The van der Waals surface area contributed by atoms with Crippen molar-refractivity contribution in [3.05, 3.63) is 18.2 Å². The molecule has 2 atom stereocenters. The van der Waals surface area contributed by atoms with E-state index in [-0.39, 0.29) is 12.5 Å². The van der Waals surface area contributed by atoms with Crippen molar-refractivity contribution in [2.24, 2.45) is 0 Å². The molecule has 0 aromatic heterocycles. The van der Waals surface area contributed by atoms with Gasteiger partial charge in [0, 0.05) is 17.5 Å². The minimum absolute atomic E-state index is 0.0210. The molecule has 116 valence electrons. The third kappa shape index (κ3) is 4.91. The predicted molar refractivity (Wildman–Crippen MR) is 85.1 cm³/mol. The Morgan fingerprint density at radius 1 is 1.52 bits per heavy atom. The van der Waals surface area contributed by atoms with Crippen molar-refractivity contribution in [1.29, 1.82) is 0 Å². The van der Waals surface area contributed by atoms with E-state index >= 15 is 0 Å². The van der Waals surface area contributed by atoms with Gasteiger partial charge in [-0.25, -0.2) is 0 Å². The molecule has 1 amide bonds. The molecule has 6 heteroatoms. The fourth-order valence-corrected chi connectivity index (χ4v) is 2.71. The number of aliphatic hydroxyl groups excluding tert-OH is 1. The fraction of sp³-hybridized carbons (Fsp3) is 0.533. The van der Waals surface area contributed by atoms with Gasteiger partial charge in [-0.15, -0.1) is 11.8 Å². The maximum atomic E-state index is 11.3. The number of amides is 1. The summed E-state index contributed by atoms with van der Waals surface area (Å²) in [5.41, 5.74) is 0.822. The standard InChI is InChI=1S/C15H22N2O3S/c1-3-10(2)16-7-11(18)8-20-12-4-5-13-14(6-12)21-9-15(19)17-13/h4-6,10-11,16,18H,3,7-9H2,1-2H3,(H,17,19). The molecule has 1 aliphatic heterocycles. The second-order valence-corrected chi connectivity index (χ2v) is 6.19. The fourth-order valence-electron chi connectivity index (χ4n) is 1.88. The van der Waals surface area contributed by atoms with Crippen molar-refractivity contribution in [3.8, 4) is 5.75 Å². The van der Waals surface area contributed by atoms with Gasteiger partial charge in [0.25, 0.3) is 0 Å². The van der Waals surface area contributed by atoms with Crippen LogP contribution in [-0.2, 0) is 4.79 Å². The topological polar surface area (TPSA) is 70.6 Å². The number of carbonyl (C=O) groups excluding carboxylic acids is 1. The first-order valence-electron chi connectivity index (χ1n) is 7.19. The number of hydrogen-bond acceptors (Lipinski definition) is 5. The van der Waals surface area contributed by atoms with Gasteiger partial charge in [0.2, 0.25) is 5.91 Å². The summed E-state index contributed by atoms with van der Waals surface area (Å²) < 4.78 is 5.61. The predicted octanol–water partition coefficient (Wildman–Crippen LogP) is 1.86. The second-order valence-electron chi connectivity index (χ2n) is 5.18. The highest BCUT2D eigenvalue weighted by Gasteiger charge is 2.16. The summed E-state index contributed by atoms with van der Waals surface area (Å²) in [5, 5.41) is 15.9. The lowest BCUT2D eigenvalue weighted by Gasteiger charge is -2.19. The maximum Gasteiger partial charge on any atom is 0.234 e. The lowest BCUT2D eigenvalue weighted by molar-refractivity contribution is -0.113. The van der Waals surface area contributed by atoms with Crippen LogP contribution in [0.5, 0.6) is 5.75 Å². The number of hydrogen-bond donors (Lipinski definition) is 3. The molecule has 0 radical (unpaired) electrons. The molecule has 0 spiro atoms. The van der Waals surface area contributed by atoms with Crippen LogP contribution in [0.1, 0.15) is 20.3 Å². The third-order valence-corrected chi connectivity index (χ3v) is 4.40. The highest BCUT2D eigenvalue weighted by Crippen LogP contribution is 2.34. The van der Waals surface area contributed by atoms with Gasteiger partial charge in [0.15, 0.2) is 0 Å². The number of carbonyl (C=O) groups is 1. The Bertz CT molecular complexity index is 496. The second kappa shape index (κ2) is 7.68. The number of fused-ring (bicyclic) bond motifs is 1. The van der Waals surface area contributed by atoms with Crippen LogP contribution >= 0.6 is 11.8 Å². The van der Waals surface area contributed by atoms with Gasteiger partial charge < -0.3 is 20.5 Å². The number of rotatable bonds is 7. The molecule has 3 N–H and O–H groups in total. The Balaban J connectivity index is 1.82. The summed E-state index contributed by atoms with van der Waals surface area (Å²) >= 11 is 1.50. The van der Waals surface area contributed by atoms with E-state index in [9.17, 15) is 9.90 Å². The summed E-state index contributed by atoms with van der Waals surface area (Å²) in [4.78, 5) is 12.3. The van der Waals surface area contributed by atoms with Crippen LogP contribution in [0.2, 0.25) is 0 Å². The minimum Gasteiger partial charge on any atom is -0.491 e. The highest BCUT2D eigenvalue weighted by molar-refractivity contribution is 8.00. The van der Waals surface area contributed by atoms with Gasteiger partial charge in [0.1, 0.15) is 18.5 Å². The minimum atomic E-state index is -0.539. The number of aliphatic hydroxyl groups is 1. The first-order chi connectivity index (χ1) is 10.1. The summed E-state index contributed by atoms with van der Waals surface area (Å²) in [6.45, 7) is 4.96. The zero-order valence-corrected chi connectivity index (χ0v) is 13.2. The van der Waals surface area contributed by atoms with Crippen molar-refractivity contribution < 1.29 is 14.6 Å². The van der Waals surface area contributed by atoms with E-state index in [2.05, 4.69) is 24.5 Å². The van der Waals surface area contributed by atoms with Gasteiger partial charge in [-0.05, 0) is 31.5 Å². The molecule has 0 fully saturated rings. The molecule has 0 aliphatic carbocycles. The normalized spacial score (nSPS) is 16.8. The molecule has 2 rings (SSSR count). The molecule has 21 heavy (non-hydrogen) atoms. The SMILES string of the molecule is CCC(C)NCC(O)COc1ccc2c(c1)SCC(=O)N2. The van der Waals surface area contributed by atoms with Crippen LogP contribution in [0.4, 0.5) is 5.69 Å². The third-order valence-electron chi connectivity index (χ3n) is 3.34. The summed E-state index contributed by atoms with van der Waals surface area (Å²) in [6, 6.07) is 5.93. The first kappa shape index (κ1) is 16.1. The number of ether oxygens (including phenoxy) is 1. The zero-order chi connectivity index (χ0) is 15.2. The Hall–Kier alpha value is -1.24. The van der Waals surface area contributed by atoms with E-state index in [0.717, 1.165) is 17.0 Å². The Morgan fingerprint density at radius 2 is 2.33 bits per heavy atom. The van der Waals surface area contributed by atoms with E-state index in [0.29, 0.717) is 24.1 Å². The maximum absolute atomic E-state index is 11.3. The van der Waals surface area contributed by atoms with Crippen LogP contribution in [0, 0.1) is 0 Å². The Morgan fingerprint density at radius 3 is 3.10 bits per heavy atom. The van der Waals surface area contributed by atoms with Gasteiger partial charge in [0.05, 0.1) is 11.4 Å². The average molecular weight is 310 g/mol. The number of benzene rings is 1. The lowest BCUT2D eigenvalue weighted by atomic mass is 10.2.